The summed E-state index contributed by atoms with van der Waals surface area (Å²) in [4.78, 5) is 18.5. The third kappa shape index (κ3) is 3.42. The molecule has 2 unspecified atom stereocenters. The van der Waals surface area contributed by atoms with Gasteiger partial charge in [-0.15, -0.1) is 0 Å². The van der Waals surface area contributed by atoms with Gasteiger partial charge in [-0.1, -0.05) is 36.4 Å². The minimum Gasteiger partial charge on any atom is -0.445 e. The predicted molar refractivity (Wildman–Crippen MR) is 93.7 cm³/mol. The van der Waals surface area contributed by atoms with Crippen LogP contribution in [0.15, 0.2) is 60.9 Å². The fourth-order valence-corrected chi connectivity index (χ4v) is 3.45. The number of morpholine rings is 1. The lowest BCUT2D eigenvalue weighted by Crippen LogP contribution is -2.56. The molecule has 1 saturated heterocycles. The van der Waals surface area contributed by atoms with Gasteiger partial charge in [0.05, 0.1) is 25.3 Å². The first-order valence-corrected chi connectivity index (χ1v) is 8.49. The molecule has 2 aliphatic heterocycles. The van der Waals surface area contributed by atoms with E-state index in [1.165, 1.54) is 5.57 Å². The van der Waals surface area contributed by atoms with Crippen molar-refractivity contribution in [2.24, 2.45) is 0 Å². The second kappa shape index (κ2) is 7.07. The van der Waals surface area contributed by atoms with E-state index in [1.807, 2.05) is 47.4 Å². The van der Waals surface area contributed by atoms with Gasteiger partial charge in [0.2, 0.25) is 0 Å². The molecule has 5 nitrogen and oxygen atoms in total. The highest BCUT2D eigenvalue weighted by Gasteiger charge is 2.39. The van der Waals surface area contributed by atoms with Crippen LogP contribution in [0.1, 0.15) is 17.5 Å². The quantitative estimate of drug-likeness (QED) is 0.863. The Bertz CT molecular complexity index is 761. The van der Waals surface area contributed by atoms with Crippen molar-refractivity contribution in [2.45, 2.75) is 25.1 Å². The fourth-order valence-electron chi connectivity index (χ4n) is 3.45. The van der Waals surface area contributed by atoms with Gasteiger partial charge in [0.15, 0.2) is 0 Å². The predicted octanol–water partition coefficient (Wildman–Crippen LogP) is 3.27. The Hall–Kier alpha value is -2.66. The number of fused-ring (bicyclic) bond motifs is 2. The van der Waals surface area contributed by atoms with Crippen molar-refractivity contribution in [1.82, 2.24) is 9.88 Å². The molecule has 1 aromatic heterocycles. The summed E-state index contributed by atoms with van der Waals surface area (Å²) in [7, 11) is 0. The maximum Gasteiger partial charge on any atom is 0.411 e. The van der Waals surface area contributed by atoms with E-state index in [0.717, 1.165) is 17.5 Å². The second-order valence-electron chi connectivity index (χ2n) is 6.34. The van der Waals surface area contributed by atoms with Gasteiger partial charge in [-0.25, -0.2) is 4.79 Å². The van der Waals surface area contributed by atoms with Crippen LogP contribution in [0.5, 0.6) is 0 Å². The minimum atomic E-state index is -0.271. The van der Waals surface area contributed by atoms with Crippen LogP contribution in [0.3, 0.4) is 0 Å². The largest absolute Gasteiger partial charge is 0.445 e. The van der Waals surface area contributed by atoms with Crippen molar-refractivity contribution < 1.29 is 14.3 Å². The molecule has 2 bridgehead atoms. The molecule has 0 saturated carbocycles. The lowest BCUT2D eigenvalue weighted by molar-refractivity contribution is -0.0342. The summed E-state index contributed by atoms with van der Waals surface area (Å²) in [6.07, 6.45) is 6.20. The Labute approximate surface area is 146 Å². The normalized spacial score (nSPS) is 22.2. The molecule has 2 aromatic rings. The van der Waals surface area contributed by atoms with Crippen molar-refractivity contribution in [3.63, 3.8) is 0 Å². The maximum absolute atomic E-state index is 12.6. The highest BCUT2D eigenvalue weighted by Crippen LogP contribution is 2.32. The third-order valence-corrected chi connectivity index (χ3v) is 4.67. The molecular formula is C20H20N2O3. The van der Waals surface area contributed by atoms with Crippen molar-refractivity contribution >= 4 is 11.7 Å². The molecule has 128 valence electrons. The van der Waals surface area contributed by atoms with Gasteiger partial charge in [-0.2, -0.15) is 0 Å². The van der Waals surface area contributed by atoms with Gasteiger partial charge in [-0.3, -0.25) is 9.88 Å². The lowest BCUT2D eigenvalue weighted by Gasteiger charge is -2.43. The summed E-state index contributed by atoms with van der Waals surface area (Å²) in [5, 5.41) is 0. The van der Waals surface area contributed by atoms with Gasteiger partial charge in [0.25, 0.3) is 0 Å². The zero-order valence-corrected chi connectivity index (χ0v) is 13.9. The van der Waals surface area contributed by atoms with Gasteiger partial charge in [0.1, 0.15) is 6.61 Å². The monoisotopic (exact) mass is 336 g/mol. The van der Waals surface area contributed by atoms with E-state index in [9.17, 15) is 4.79 Å². The number of hydrogen-bond acceptors (Lipinski definition) is 4. The molecule has 3 heterocycles. The number of carbonyl (C=O) groups is 1. The molecule has 1 aromatic carbocycles. The molecule has 25 heavy (non-hydrogen) atoms. The van der Waals surface area contributed by atoms with E-state index in [2.05, 4.69) is 11.1 Å². The SMILES string of the molecule is O=C(OCc1ccccc1)N1C2C=C(c3ccncc3)CC1COC2. The highest BCUT2D eigenvalue weighted by atomic mass is 16.6. The minimum absolute atomic E-state index is 0.00943. The summed E-state index contributed by atoms with van der Waals surface area (Å²) in [6, 6.07) is 13.7. The Kier molecular flexibility index (Phi) is 4.48. The molecule has 1 amide bonds. The summed E-state index contributed by atoms with van der Waals surface area (Å²) in [5.74, 6) is 0. The highest BCUT2D eigenvalue weighted by molar-refractivity contribution is 5.74. The topological polar surface area (TPSA) is 51.7 Å². The Balaban J connectivity index is 1.49. The van der Waals surface area contributed by atoms with Crippen molar-refractivity contribution in [3.05, 3.63) is 72.1 Å². The molecule has 5 heteroatoms. The van der Waals surface area contributed by atoms with E-state index in [-0.39, 0.29) is 24.8 Å². The van der Waals surface area contributed by atoms with Crippen molar-refractivity contribution in [2.75, 3.05) is 13.2 Å². The van der Waals surface area contributed by atoms with E-state index in [4.69, 9.17) is 9.47 Å². The number of aromatic nitrogens is 1. The van der Waals surface area contributed by atoms with Crippen LogP contribution in [0, 0.1) is 0 Å². The number of nitrogens with zero attached hydrogens (tertiary/aromatic N) is 2. The van der Waals surface area contributed by atoms with Crippen molar-refractivity contribution in [1.29, 1.82) is 0 Å². The van der Waals surface area contributed by atoms with Crippen LogP contribution < -0.4 is 0 Å². The molecule has 1 fully saturated rings. The number of pyridine rings is 1. The van der Waals surface area contributed by atoms with Crippen LogP contribution in [-0.2, 0) is 16.1 Å². The molecule has 4 rings (SSSR count). The van der Waals surface area contributed by atoms with Crippen LogP contribution in [-0.4, -0.2) is 41.3 Å². The van der Waals surface area contributed by atoms with E-state index in [1.54, 1.807) is 12.4 Å². The summed E-state index contributed by atoms with van der Waals surface area (Å²) < 4.78 is 11.2. The zero-order chi connectivity index (χ0) is 17.1. The van der Waals surface area contributed by atoms with Gasteiger partial charge < -0.3 is 9.47 Å². The summed E-state index contributed by atoms with van der Waals surface area (Å²) in [5.41, 5.74) is 3.39. The average molecular weight is 336 g/mol. The van der Waals surface area contributed by atoms with Crippen LogP contribution >= 0.6 is 0 Å². The zero-order valence-electron chi connectivity index (χ0n) is 13.9. The fraction of sp³-hybridized carbons (Fsp3) is 0.300. The number of amides is 1. The number of carbonyl (C=O) groups excluding carboxylic acids is 1. The Morgan fingerprint density at radius 2 is 1.96 bits per heavy atom. The maximum atomic E-state index is 12.6. The second-order valence-corrected chi connectivity index (χ2v) is 6.34. The number of hydrogen-bond donors (Lipinski definition) is 0. The molecule has 0 aliphatic carbocycles. The lowest BCUT2D eigenvalue weighted by atomic mass is 9.90. The van der Waals surface area contributed by atoms with Gasteiger partial charge >= 0.3 is 6.09 Å². The molecule has 2 aliphatic rings. The molecule has 0 N–H and O–H groups in total. The Morgan fingerprint density at radius 3 is 2.72 bits per heavy atom. The van der Waals surface area contributed by atoms with Crippen molar-refractivity contribution in [3.8, 4) is 0 Å². The molecule has 0 radical (unpaired) electrons. The molecule has 0 spiro atoms. The Morgan fingerprint density at radius 1 is 1.16 bits per heavy atom. The standard InChI is InChI=1S/C20H20N2O3/c23-20(25-12-15-4-2-1-3-5-15)22-18-10-17(11-19(22)14-24-13-18)16-6-8-21-9-7-16/h1-10,18-19H,11-14H2. The number of ether oxygens (including phenoxy) is 2. The van der Waals surface area contributed by atoms with E-state index >= 15 is 0 Å². The first kappa shape index (κ1) is 15.8. The average Bonchev–Trinajstić information content (AvgIpc) is 2.66. The van der Waals surface area contributed by atoms with E-state index < -0.39 is 0 Å². The number of benzene rings is 1. The van der Waals surface area contributed by atoms with Gasteiger partial charge in [0, 0.05) is 12.4 Å². The molecular weight excluding hydrogens is 316 g/mol. The summed E-state index contributed by atoms with van der Waals surface area (Å²) >= 11 is 0. The third-order valence-electron chi connectivity index (χ3n) is 4.67. The number of rotatable bonds is 3. The van der Waals surface area contributed by atoms with E-state index in [0.29, 0.717) is 13.2 Å². The molecule has 2 atom stereocenters. The van der Waals surface area contributed by atoms with Gasteiger partial charge in [-0.05, 0) is 35.3 Å². The van der Waals surface area contributed by atoms with Crippen LogP contribution in [0.2, 0.25) is 0 Å². The first-order valence-electron chi connectivity index (χ1n) is 8.49. The first-order chi connectivity index (χ1) is 12.3. The smallest absolute Gasteiger partial charge is 0.411 e. The summed E-state index contributed by atoms with van der Waals surface area (Å²) in [6.45, 7) is 1.34. The van der Waals surface area contributed by atoms with Crippen LogP contribution in [0.4, 0.5) is 4.79 Å². The van der Waals surface area contributed by atoms with Crippen LogP contribution in [0.25, 0.3) is 5.57 Å².